The maximum absolute atomic E-state index is 10.0. The molecule has 0 spiro atoms. The normalized spacial score (nSPS) is 18.9. The molecule has 0 radical (unpaired) electrons. The van der Waals surface area contributed by atoms with Gasteiger partial charge in [0, 0.05) is 29.1 Å². The molecule has 22 heavy (non-hydrogen) atoms. The van der Waals surface area contributed by atoms with E-state index in [4.69, 9.17) is 4.52 Å². The van der Waals surface area contributed by atoms with Gasteiger partial charge in [-0.25, -0.2) is 0 Å². The lowest BCUT2D eigenvalue weighted by Crippen LogP contribution is -2.23. The second kappa shape index (κ2) is 6.84. The number of phenols is 1. The van der Waals surface area contributed by atoms with Crippen molar-refractivity contribution in [1.82, 2.24) is 10.1 Å². The Bertz CT molecular complexity index is 641. The number of likely N-dealkylation sites (tertiary alicyclic amines) is 1. The fourth-order valence-electron chi connectivity index (χ4n) is 3.10. The van der Waals surface area contributed by atoms with E-state index >= 15 is 0 Å². The van der Waals surface area contributed by atoms with E-state index in [0.29, 0.717) is 5.75 Å². The molecule has 0 aliphatic carbocycles. The van der Waals surface area contributed by atoms with Crippen LogP contribution >= 0.6 is 15.9 Å². The van der Waals surface area contributed by atoms with Crippen LogP contribution in [0, 0.1) is 0 Å². The average molecular weight is 365 g/mol. The van der Waals surface area contributed by atoms with Crippen molar-refractivity contribution in [3.05, 3.63) is 45.8 Å². The molecule has 0 unspecified atom stereocenters. The molecule has 1 aliphatic heterocycles. The van der Waals surface area contributed by atoms with E-state index in [1.165, 1.54) is 0 Å². The monoisotopic (exact) mass is 364 g/mol. The third-order valence-electron chi connectivity index (χ3n) is 4.19. The zero-order valence-corrected chi connectivity index (χ0v) is 14.3. The molecule has 1 aliphatic rings. The molecule has 1 saturated heterocycles. The van der Waals surface area contributed by atoms with Crippen molar-refractivity contribution in [3.8, 4) is 5.75 Å². The minimum Gasteiger partial charge on any atom is -0.508 e. The Labute approximate surface area is 139 Å². The standard InChI is InChI=1S/C17H21BrN2O2/c1-2-4-14-10-15(19-22-14)16-5-3-8-20(16)11-12-9-13(18)6-7-17(12)21/h6-7,9-10,16,21H,2-5,8,11H2,1H3/t16-/m0/s1. The number of rotatable bonds is 5. The highest BCUT2D eigenvalue weighted by molar-refractivity contribution is 9.10. The van der Waals surface area contributed by atoms with Crippen molar-refractivity contribution in [2.45, 2.75) is 45.2 Å². The van der Waals surface area contributed by atoms with Crippen molar-refractivity contribution in [2.24, 2.45) is 0 Å². The van der Waals surface area contributed by atoms with Gasteiger partial charge in [0.05, 0.1) is 6.04 Å². The van der Waals surface area contributed by atoms with Gasteiger partial charge >= 0.3 is 0 Å². The summed E-state index contributed by atoms with van der Waals surface area (Å²) in [6.07, 6.45) is 4.24. The number of nitrogens with zero attached hydrogens (tertiary/aromatic N) is 2. The number of benzene rings is 1. The van der Waals surface area contributed by atoms with Crippen LogP contribution in [0.15, 0.2) is 33.3 Å². The molecule has 0 amide bonds. The van der Waals surface area contributed by atoms with Gasteiger partial charge in [-0.3, -0.25) is 4.90 Å². The third-order valence-corrected chi connectivity index (χ3v) is 4.69. The molecule has 118 valence electrons. The number of aromatic hydroxyl groups is 1. The summed E-state index contributed by atoms with van der Waals surface area (Å²) in [6, 6.07) is 7.95. The average Bonchev–Trinajstić information content (AvgIpc) is 3.12. The fourth-order valence-corrected chi connectivity index (χ4v) is 3.51. The quantitative estimate of drug-likeness (QED) is 0.852. The van der Waals surface area contributed by atoms with E-state index in [9.17, 15) is 5.11 Å². The summed E-state index contributed by atoms with van der Waals surface area (Å²) in [7, 11) is 0. The molecule has 5 heteroatoms. The molecular weight excluding hydrogens is 344 g/mol. The Morgan fingerprint density at radius 3 is 3.09 bits per heavy atom. The molecule has 0 saturated carbocycles. The van der Waals surface area contributed by atoms with Gasteiger partial charge in [0.2, 0.25) is 0 Å². The first-order chi connectivity index (χ1) is 10.7. The highest BCUT2D eigenvalue weighted by Gasteiger charge is 2.29. The van der Waals surface area contributed by atoms with Gasteiger partial charge in [-0.05, 0) is 44.0 Å². The van der Waals surface area contributed by atoms with Gasteiger partial charge in [0.15, 0.2) is 0 Å². The van der Waals surface area contributed by atoms with Gasteiger partial charge in [-0.15, -0.1) is 0 Å². The maximum Gasteiger partial charge on any atom is 0.137 e. The fraction of sp³-hybridized carbons (Fsp3) is 0.471. The van der Waals surface area contributed by atoms with Gasteiger partial charge in [0.1, 0.15) is 17.2 Å². The van der Waals surface area contributed by atoms with E-state index < -0.39 is 0 Å². The molecule has 1 aromatic heterocycles. The Morgan fingerprint density at radius 2 is 2.27 bits per heavy atom. The lowest BCUT2D eigenvalue weighted by Gasteiger charge is -2.23. The van der Waals surface area contributed by atoms with Crippen LogP contribution in [-0.2, 0) is 13.0 Å². The van der Waals surface area contributed by atoms with E-state index in [2.05, 4.69) is 39.0 Å². The van der Waals surface area contributed by atoms with Crippen molar-refractivity contribution < 1.29 is 9.63 Å². The molecule has 3 rings (SSSR count). The summed E-state index contributed by atoms with van der Waals surface area (Å²) in [6.45, 7) is 3.89. The summed E-state index contributed by atoms with van der Waals surface area (Å²) in [5, 5.41) is 14.3. The largest absolute Gasteiger partial charge is 0.508 e. The molecule has 0 bridgehead atoms. The first kappa shape index (κ1) is 15.6. The van der Waals surface area contributed by atoms with Crippen molar-refractivity contribution >= 4 is 15.9 Å². The Kier molecular flexibility index (Phi) is 4.84. The summed E-state index contributed by atoms with van der Waals surface area (Å²) in [4.78, 5) is 2.37. The third kappa shape index (κ3) is 3.36. The van der Waals surface area contributed by atoms with Crippen molar-refractivity contribution in [1.29, 1.82) is 0 Å². The Balaban J connectivity index is 1.76. The van der Waals surface area contributed by atoms with Crippen LogP contribution in [0.3, 0.4) is 0 Å². The van der Waals surface area contributed by atoms with E-state index in [-0.39, 0.29) is 6.04 Å². The lowest BCUT2D eigenvalue weighted by atomic mass is 10.1. The van der Waals surface area contributed by atoms with Crippen LogP contribution in [0.5, 0.6) is 5.75 Å². The van der Waals surface area contributed by atoms with Gasteiger partial charge < -0.3 is 9.63 Å². The topological polar surface area (TPSA) is 49.5 Å². The second-order valence-corrected chi connectivity index (χ2v) is 6.79. The minimum absolute atomic E-state index is 0.285. The number of halogens is 1. The van der Waals surface area contributed by atoms with Gasteiger partial charge in [0.25, 0.3) is 0 Å². The van der Waals surface area contributed by atoms with E-state index in [1.54, 1.807) is 6.07 Å². The number of aromatic nitrogens is 1. The first-order valence-corrected chi connectivity index (χ1v) is 8.63. The summed E-state index contributed by atoms with van der Waals surface area (Å²) in [5.74, 6) is 1.32. The smallest absolute Gasteiger partial charge is 0.137 e. The van der Waals surface area contributed by atoms with E-state index in [0.717, 1.165) is 60.3 Å². The minimum atomic E-state index is 0.285. The van der Waals surface area contributed by atoms with Crippen molar-refractivity contribution in [2.75, 3.05) is 6.54 Å². The van der Waals surface area contributed by atoms with Crippen LogP contribution in [0.25, 0.3) is 0 Å². The van der Waals surface area contributed by atoms with Crippen LogP contribution < -0.4 is 0 Å². The van der Waals surface area contributed by atoms with Gasteiger partial charge in [-0.1, -0.05) is 28.0 Å². The van der Waals surface area contributed by atoms with E-state index in [1.807, 2.05) is 12.1 Å². The molecule has 2 aromatic rings. The summed E-state index contributed by atoms with van der Waals surface area (Å²) < 4.78 is 6.41. The number of phenolic OH excluding ortho intramolecular Hbond substituents is 1. The summed E-state index contributed by atoms with van der Waals surface area (Å²) >= 11 is 3.47. The Hall–Kier alpha value is -1.33. The lowest BCUT2D eigenvalue weighted by molar-refractivity contribution is 0.233. The highest BCUT2D eigenvalue weighted by atomic mass is 79.9. The zero-order valence-electron chi connectivity index (χ0n) is 12.8. The number of hydrogen-bond acceptors (Lipinski definition) is 4. The number of aryl methyl sites for hydroxylation is 1. The molecule has 1 aromatic carbocycles. The molecular formula is C17H21BrN2O2. The SMILES string of the molecule is CCCc1cc([C@@H]2CCCN2Cc2cc(Br)ccc2O)no1. The molecule has 1 atom stereocenters. The second-order valence-electron chi connectivity index (χ2n) is 5.87. The zero-order chi connectivity index (χ0) is 15.5. The Morgan fingerprint density at radius 1 is 1.41 bits per heavy atom. The van der Waals surface area contributed by atoms with Crippen molar-refractivity contribution in [3.63, 3.8) is 0 Å². The molecule has 1 N–H and O–H groups in total. The molecule has 1 fully saturated rings. The van der Waals surface area contributed by atoms with Crippen LogP contribution in [-0.4, -0.2) is 21.7 Å². The van der Waals surface area contributed by atoms with Crippen LogP contribution in [0.2, 0.25) is 0 Å². The van der Waals surface area contributed by atoms with Gasteiger partial charge in [-0.2, -0.15) is 0 Å². The van der Waals surface area contributed by atoms with Crippen LogP contribution in [0.1, 0.15) is 49.2 Å². The maximum atomic E-state index is 10.0. The highest BCUT2D eigenvalue weighted by Crippen LogP contribution is 2.34. The number of hydrogen-bond donors (Lipinski definition) is 1. The predicted molar refractivity (Wildman–Crippen MR) is 88.7 cm³/mol. The predicted octanol–water partition coefficient (Wildman–Crippen LogP) is 4.43. The first-order valence-electron chi connectivity index (χ1n) is 7.84. The molecule has 2 heterocycles. The molecule has 4 nitrogen and oxygen atoms in total. The summed E-state index contributed by atoms with van der Waals surface area (Å²) in [5.41, 5.74) is 1.97. The van der Waals surface area contributed by atoms with Crippen LogP contribution in [0.4, 0.5) is 0 Å².